The molecule has 0 aromatic heterocycles. The minimum Gasteiger partial charge on any atom is -0.480 e. The summed E-state index contributed by atoms with van der Waals surface area (Å²) in [7, 11) is 0. The Morgan fingerprint density at radius 1 is 1.05 bits per heavy atom. The maximum Gasteiger partial charge on any atom is 0.329 e. The number of hydrogen-bond donors (Lipinski definition) is 2. The second-order valence-corrected chi connectivity index (χ2v) is 6.68. The van der Waals surface area contributed by atoms with Gasteiger partial charge in [-0.1, -0.05) is 13.8 Å². The molecule has 2 amide bonds. The molecule has 0 aromatic carbocycles. The topological polar surface area (TPSA) is 69.6 Å². The minimum absolute atomic E-state index is 0.209. The summed E-state index contributed by atoms with van der Waals surface area (Å²) in [5.41, 5.74) is -0.727. The van der Waals surface area contributed by atoms with Crippen LogP contribution in [0.25, 0.3) is 0 Å². The molecule has 0 atom stereocenters. The van der Waals surface area contributed by atoms with Crippen LogP contribution in [0.2, 0.25) is 0 Å². The molecule has 5 heteroatoms. The number of hydrogen-bond acceptors (Lipinski definition) is 2. The van der Waals surface area contributed by atoms with Crippen molar-refractivity contribution < 1.29 is 14.7 Å². The molecule has 1 saturated heterocycles. The number of rotatable bonds is 2. The molecule has 2 aliphatic rings. The number of amides is 2. The number of nitrogens with one attached hydrogen (secondary N) is 1. The first-order chi connectivity index (χ1) is 8.85. The maximum atomic E-state index is 12.2. The van der Waals surface area contributed by atoms with Gasteiger partial charge >= 0.3 is 12.0 Å². The molecule has 1 saturated carbocycles. The van der Waals surface area contributed by atoms with Gasteiger partial charge in [-0.2, -0.15) is 0 Å². The van der Waals surface area contributed by atoms with E-state index in [0.717, 1.165) is 32.2 Å². The first kappa shape index (κ1) is 14.2. The number of likely N-dealkylation sites (tertiary alicyclic amines) is 1. The van der Waals surface area contributed by atoms with Crippen LogP contribution in [-0.2, 0) is 4.79 Å². The number of urea groups is 1. The molecule has 2 fully saturated rings. The van der Waals surface area contributed by atoms with Crippen molar-refractivity contribution >= 4 is 12.0 Å². The highest BCUT2D eigenvalue weighted by Gasteiger charge is 2.46. The van der Waals surface area contributed by atoms with Crippen molar-refractivity contribution in [1.82, 2.24) is 10.2 Å². The molecule has 1 aliphatic heterocycles. The molecular formula is C14H24N2O3. The van der Waals surface area contributed by atoms with Crippen LogP contribution in [0.5, 0.6) is 0 Å². The number of carboxylic acids is 1. The molecule has 108 valence electrons. The van der Waals surface area contributed by atoms with E-state index < -0.39 is 11.5 Å². The summed E-state index contributed by atoms with van der Waals surface area (Å²) >= 11 is 0. The van der Waals surface area contributed by atoms with Gasteiger partial charge in [0.2, 0.25) is 0 Å². The molecule has 0 unspecified atom stereocenters. The Bertz CT molecular complexity index is 375. The lowest BCUT2D eigenvalue weighted by molar-refractivity contribution is -0.148. The van der Waals surface area contributed by atoms with Crippen LogP contribution >= 0.6 is 0 Å². The van der Waals surface area contributed by atoms with Crippen LogP contribution in [-0.4, -0.2) is 40.6 Å². The quantitative estimate of drug-likeness (QED) is 0.806. The van der Waals surface area contributed by atoms with Crippen LogP contribution < -0.4 is 5.32 Å². The predicted molar refractivity (Wildman–Crippen MR) is 72.0 cm³/mol. The summed E-state index contributed by atoms with van der Waals surface area (Å²) < 4.78 is 0. The minimum atomic E-state index is -1.00. The van der Waals surface area contributed by atoms with Gasteiger partial charge < -0.3 is 15.3 Å². The van der Waals surface area contributed by atoms with E-state index in [9.17, 15) is 14.7 Å². The van der Waals surface area contributed by atoms with Crippen molar-refractivity contribution in [2.45, 2.75) is 57.9 Å². The fourth-order valence-corrected chi connectivity index (χ4v) is 2.83. The van der Waals surface area contributed by atoms with E-state index in [-0.39, 0.29) is 11.4 Å². The van der Waals surface area contributed by atoms with Gasteiger partial charge in [0, 0.05) is 13.1 Å². The third kappa shape index (κ3) is 3.01. The lowest BCUT2D eigenvalue weighted by Crippen LogP contribution is -2.61. The number of aliphatic carboxylic acids is 1. The van der Waals surface area contributed by atoms with Crippen LogP contribution in [0, 0.1) is 5.41 Å². The van der Waals surface area contributed by atoms with Gasteiger partial charge in [-0.15, -0.1) is 0 Å². The molecule has 2 rings (SSSR count). The van der Waals surface area contributed by atoms with E-state index in [1.807, 2.05) is 0 Å². The lowest BCUT2D eigenvalue weighted by atomic mass is 9.77. The second-order valence-electron chi connectivity index (χ2n) is 6.68. The first-order valence-electron chi connectivity index (χ1n) is 7.15. The smallest absolute Gasteiger partial charge is 0.329 e. The molecule has 19 heavy (non-hydrogen) atoms. The van der Waals surface area contributed by atoms with Crippen molar-refractivity contribution in [3.63, 3.8) is 0 Å². The molecule has 0 spiro atoms. The number of carbonyl (C=O) groups excluding carboxylic acids is 1. The van der Waals surface area contributed by atoms with Crippen LogP contribution in [0.1, 0.15) is 52.4 Å². The van der Waals surface area contributed by atoms with Crippen LogP contribution in [0.4, 0.5) is 4.79 Å². The summed E-state index contributed by atoms with van der Waals surface area (Å²) in [4.78, 5) is 25.3. The molecule has 0 bridgehead atoms. The average molecular weight is 268 g/mol. The van der Waals surface area contributed by atoms with Gasteiger partial charge in [0.25, 0.3) is 0 Å². The van der Waals surface area contributed by atoms with Crippen molar-refractivity contribution in [3.05, 3.63) is 0 Å². The third-order valence-electron chi connectivity index (χ3n) is 4.59. The van der Waals surface area contributed by atoms with E-state index in [0.29, 0.717) is 19.4 Å². The van der Waals surface area contributed by atoms with Crippen molar-refractivity contribution in [2.24, 2.45) is 5.41 Å². The van der Waals surface area contributed by atoms with Gasteiger partial charge in [-0.05, 0) is 43.9 Å². The van der Waals surface area contributed by atoms with E-state index >= 15 is 0 Å². The Hall–Kier alpha value is -1.26. The van der Waals surface area contributed by atoms with Gasteiger partial charge in [-0.25, -0.2) is 9.59 Å². The molecule has 0 radical (unpaired) electrons. The first-order valence-corrected chi connectivity index (χ1v) is 7.15. The van der Waals surface area contributed by atoms with E-state index in [1.54, 1.807) is 4.90 Å². The Labute approximate surface area is 114 Å². The monoisotopic (exact) mass is 268 g/mol. The normalized spacial score (nSPS) is 25.1. The van der Waals surface area contributed by atoms with Gasteiger partial charge in [0.1, 0.15) is 5.54 Å². The number of carbonyl (C=O) groups is 2. The van der Waals surface area contributed by atoms with E-state index in [2.05, 4.69) is 19.2 Å². The number of carboxylic acid groups (broad SMARTS) is 1. The zero-order valence-corrected chi connectivity index (χ0v) is 11.9. The molecule has 1 heterocycles. The van der Waals surface area contributed by atoms with Gasteiger partial charge in [0.05, 0.1) is 0 Å². The Balaban J connectivity index is 1.95. The average Bonchev–Trinajstić information content (AvgIpc) is 2.44. The molecule has 0 aromatic rings. The highest BCUT2D eigenvalue weighted by molar-refractivity contribution is 5.87. The fraction of sp³-hybridized carbons (Fsp3) is 0.857. The summed E-state index contributed by atoms with van der Waals surface area (Å²) in [5.74, 6) is -0.901. The zero-order valence-electron chi connectivity index (χ0n) is 11.9. The molecule has 5 nitrogen and oxygen atoms in total. The van der Waals surface area contributed by atoms with E-state index in [1.165, 1.54) is 0 Å². The van der Waals surface area contributed by atoms with Crippen LogP contribution in [0.3, 0.4) is 0 Å². The summed E-state index contributed by atoms with van der Waals surface area (Å²) in [6.07, 6.45) is 5.04. The highest BCUT2D eigenvalue weighted by Crippen LogP contribution is 2.33. The third-order valence-corrected chi connectivity index (χ3v) is 4.59. The Kier molecular flexibility index (Phi) is 3.74. The number of nitrogens with zero attached hydrogens (tertiary/aromatic N) is 1. The molecular weight excluding hydrogens is 244 g/mol. The summed E-state index contributed by atoms with van der Waals surface area (Å²) in [6, 6.07) is -0.209. The van der Waals surface area contributed by atoms with E-state index in [4.69, 9.17) is 0 Å². The summed E-state index contributed by atoms with van der Waals surface area (Å²) in [6.45, 7) is 5.89. The molecule has 2 N–H and O–H groups in total. The standard InChI is InChI=1S/C14H24N2O3/c1-13(2)5-4-9-16(10-8-13)12(19)15-14(11(17)18)6-3-7-14/h3-10H2,1-2H3,(H,15,19)(H,17,18). The maximum absolute atomic E-state index is 12.2. The SMILES string of the molecule is CC1(C)CCCN(C(=O)NC2(C(=O)O)CCC2)CC1. The predicted octanol–water partition coefficient (Wildman–Crippen LogP) is 2.22. The van der Waals surface area contributed by atoms with Gasteiger partial charge in [0.15, 0.2) is 0 Å². The van der Waals surface area contributed by atoms with Crippen molar-refractivity contribution in [3.8, 4) is 0 Å². The van der Waals surface area contributed by atoms with Crippen LogP contribution in [0.15, 0.2) is 0 Å². The largest absolute Gasteiger partial charge is 0.480 e. The van der Waals surface area contributed by atoms with Crippen molar-refractivity contribution in [2.75, 3.05) is 13.1 Å². The van der Waals surface area contributed by atoms with Crippen molar-refractivity contribution in [1.29, 1.82) is 0 Å². The second kappa shape index (κ2) is 5.02. The van der Waals surface area contributed by atoms with Gasteiger partial charge in [-0.3, -0.25) is 0 Å². The summed E-state index contributed by atoms with van der Waals surface area (Å²) in [5, 5.41) is 12.0. The fourth-order valence-electron chi connectivity index (χ4n) is 2.83. The Morgan fingerprint density at radius 3 is 2.26 bits per heavy atom. The highest BCUT2D eigenvalue weighted by atomic mass is 16.4. The lowest BCUT2D eigenvalue weighted by Gasteiger charge is -2.39. The molecule has 1 aliphatic carbocycles. The zero-order chi connectivity index (χ0) is 14.1. The Morgan fingerprint density at radius 2 is 1.74 bits per heavy atom.